The van der Waals surface area contributed by atoms with Gasteiger partial charge in [-0.3, -0.25) is 0 Å². The van der Waals surface area contributed by atoms with Crippen LogP contribution in [0, 0.1) is 0 Å². The fraction of sp³-hybridized carbons (Fsp3) is 0.167. The SMILES string of the molecule is COc1ccc(Br)cc1-c1nc(C(F)(F)F)c(C(=O)O)s1. The van der Waals surface area contributed by atoms with Crippen LogP contribution in [0.2, 0.25) is 0 Å². The maximum atomic E-state index is 12.8. The zero-order valence-corrected chi connectivity index (χ0v) is 12.8. The molecule has 0 aliphatic heterocycles. The molecule has 4 nitrogen and oxygen atoms in total. The van der Waals surface area contributed by atoms with E-state index in [2.05, 4.69) is 20.9 Å². The first-order valence-corrected chi connectivity index (χ1v) is 7.00. The van der Waals surface area contributed by atoms with Crippen LogP contribution in [0.4, 0.5) is 13.2 Å². The van der Waals surface area contributed by atoms with E-state index in [-0.39, 0.29) is 10.6 Å². The molecule has 0 saturated carbocycles. The predicted octanol–water partition coefficient (Wildman–Crippen LogP) is 4.30. The summed E-state index contributed by atoms with van der Waals surface area (Å²) in [5, 5.41) is 8.83. The van der Waals surface area contributed by atoms with Crippen LogP contribution in [0.5, 0.6) is 5.75 Å². The van der Waals surface area contributed by atoms with E-state index in [1.165, 1.54) is 13.2 Å². The van der Waals surface area contributed by atoms with Gasteiger partial charge in [-0.1, -0.05) is 15.9 Å². The van der Waals surface area contributed by atoms with E-state index >= 15 is 0 Å². The number of rotatable bonds is 3. The van der Waals surface area contributed by atoms with Crippen LogP contribution >= 0.6 is 27.3 Å². The average Bonchev–Trinajstić information content (AvgIpc) is 2.83. The normalized spacial score (nSPS) is 11.5. The van der Waals surface area contributed by atoms with Gasteiger partial charge in [0.25, 0.3) is 0 Å². The number of aromatic carboxylic acids is 1. The molecule has 0 fully saturated rings. The van der Waals surface area contributed by atoms with E-state index in [4.69, 9.17) is 9.84 Å². The summed E-state index contributed by atoms with van der Waals surface area (Å²) in [5.41, 5.74) is -1.12. The Morgan fingerprint density at radius 3 is 2.57 bits per heavy atom. The van der Waals surface area contributed by atoms with E-state index in [0.29, 0.717) is 21.6 Å². The first-order chi connectivity index (χ1) is 9.74. The van der Waals surface area contributed by atoms with Crippen molar-refractivity contribution in [1.82, 2.24) is 4.98 Å². The molecule has 0 aliphatic rings. The number of carbonyl (C=O) groups is 1. The third-order valence-electron chi connectivity index (χ3n) is 2.48. The van der Waals surface area contributed by atoms with Crippen molar-refractivity contribution in [2.45, 2.75) is 6.18 Å². The third-order valence-corrected chi connectivity index (χ3v) is 4.05. The first kappa shape index (κ1) is 15.8. The second-order valence-electron chi connectivity index (χ2n) is 3.84. The Bertz CT molecular complexity index is 700. The van der Waals surface area contributed by atoms with Gasteiger partial charge in [0.1, 0.15) is 15.6 Å². The first-order valence-electron chi connectivity index (χ1n) is 5.39. The second kappa shape index (κ2) is 5.64. The maximum Gasteiger partial charge on any atom is 0.435 e. The Kier molecular flexibility index (Phi) is 4.24. The molecule has 9 heteroatoms. The molecule has 1 aromatic carbocycles. The molecule has 0 saturated heterocycles. The molecule has 1 N–H and O–H groups in total. The van der Waals surface area contributed by atoms with E-state index in [1.807, 2.05) is 0 Å². The van der Waals surface area contributed by atoms with Gasteiger partial charge in [-0.2, -0.15) is 13.2 Å². The van der Waals surface area contributed by atoms with Gasteiger partial charge in [-0.15, -0.1) is 11.3 Å². The molecule has 0 aliphatic carbocycles. The van der Waals surface area contributed by atoms with Crippen LogP contribution in [-0.2, 0) is 6.18 Å². The number of hydrogen-bond acceptors (Lipinski definition) is 4. The minimum atomic E-state index is -4.83. The standard InChI is InChI=1S/C12H7BrF3NO3S/c1-20-7-3-2-5(13)4-6(7)10-17-9(12(14,15)16)8(21-10)11(18)19/h2-4H,1H3,(H,18,19). The van der Waals surface area contributed by atoms with Crippen molar-refractivity contribution < 1.29 is 27.8 Å². The number of thiazole rings is 1. The van der Waals surface area contributed by atoms with Gasteiger partial charge < -0.3 is 9.84 Å². The maximum absolute atomic E-state index is 12.8. The zero-order chi connectivity index (χ0) is 15.8. The average molecular weight is 382 g/mol. The molecule has 0 atom stereocenters. The summed E-state index contributed by atoms with van der Waals surface area (Å²) in [6.45, 7) is 0. The summed E-state index contributed by atoms with van der Waals surface area (Å²) in [5.74, 6) is -1.36. The monoisotopic (exact) mass is 381 g/mol. The van der Waals surface area contributed by atoms with Crippen LogP contribution in [0.15, 0.2) is 22.7 Å². The van der Waals surface area contributed by atoms with Crippen molar-refractivity contribution in [3.8, 4) is 16.3 Å². The van der Waals surface area contributed by atoms with Crippen molar-refractivity contribution >= 4 is 33.2 Å². The van der Waals surface area contributed by atoms with Crippen LogP contribution in [0.1, 0.15) is 15.4 Å². The van der Waals surface area contributed by atoms with E-state index in [1.54, 1.807) is 12.1 Å². The van der Waals surface area contributed by atoms with Gasteiger partial charge in [-0.05, 0) is 18.2 Å². The number of carboxylic acids is 1. The Balaban J connectivity index is 2.66. The lowest BCUT2D eigenvalue weighted by molar-refractivity contribution is -0.141. The lowest BCUT2D eigenvalue weighted by atomic mass is 10.2. The fourth-order valence-corrected chi connectivity index (χ4v) is 2.93. The third kappa shape index (κ3) is 3.18. The lowest BCUT2D eigenvalue weighted by Crippen LogP contribution is -2.11. The highest BCUT2D eigenvalue weighted by atomic mass is 79.9. The lowest BCUT2D eigenvalue weighted by Gasteiger charge is -2.06. The van der Waals surface area contributed by atoms with Crippen LogP contribution in [0.3, 0.4) is 0 Å². The van der Waals surface area contributed by atoms with Gasteiger partial charge in [-0.25, -0.2) is 9.78 Å². The molecular formula is C12H7BrF3NO3S. The second-order valence-corrected chi connectivity index (χ2v) is 5.76. The molecular weight excluding hydrogens is 375 g/mol. The van der Waals surface area contributed by atoms with Crippen molar-refractivity contribution in [2.75, 3.05) is 7.11 Å². The molecule has 21 heavy (non-hydrogen) atoms. The number of carboxylic acid groups (broad SMARTS) is 1. The smallest absolute Gasteiger partial charge is 0.435 e. The highest BCUT2D eigenvalue weighted by Crippen LogP contribution is 2.41. The van der Waals surface area contributed by atoms with E-state index in [0.717, 1.165) is 0 Å². The highest BCUT2D eigenvalue weighted by molar-refractivity contribution is 9.10. The number of hydrogen-bond donors (Lipinski definition) is 1. The number of nitrogens with zero attached hydrogens (tertiary/aromatic N) is 1. The summed E-state index contributed by atoms with van der Waals surface area (Å²) >= 11 is 3.65. The van der Waals surface area contributed by atoms with Gasteiger partial charge in [0.2, 0.25) is 0 Å². The zero-order valence-electron chi connectivity index (χ0n) is 10.4. The number of ether oxygens (including phenoxy) is 1. The number of methoxy groups -OCH3 is 1. The van der Waals surface area contributed by atoms with Crippen molar-refractivity contribution in [3.63, 3.8) is 0 Å². The van der Waals surface area contributed by atoms with Crippen molar-refractivity contribution in [3.05, 3.63) is 33.2 Å². The van der Waals surface area contributed by atoms with Crippen LogP contribution < -0.4 is 4.74 Å². The van der Waals surface area contributed by atoms with Crippen LogP contribution in [0.25, 0.3) is 10.6 Å². The number of aromatic nitrogens is 1. The van der Waals surface area contributed by atoms with Gasteiger partial charge in [0.05, 0.1) is 12.7 Å². The minimum Gasteiger partial charge on any atom is -0.496 e. The molecule has 0 bridgehead atoms. The molecule has 112 valence electrons. The Hall–Kier alpha value is -1.61. The van der Waals surface area contributed by atoms with Crippen molar-refractivity contribution in [2.24, 2.45) is 0 Å². The van der Waals surface area contributed by atoms with Crippen LogP contribution in [-0.4, -0.2) is 23.2 Å². The fourth-order valence-electron chi connectivity index (χ4n) is 1.62. The van der Waals surface area contributed by atoms with Gasteiger partial charge in [0.15, 0.2) is 5.69 Å². The predicted molar refractivity (Wildman–Crippen MR) is 73.8 cm³/mol. The summed E-state index contributed by atoms with van der Waals surface area (Å²) < 4.78 is 44.2. The molecule has 0 spiro atoms. The number of alkyl halides is 3. The minimum absolute atomic E-state index is 0.0714. The summed E-state index contributed by atoms with van der Waals surface area (Å²) in [4.78, 5) is 13.6. The molecule has 2 aromatic rings. The van der Waals surface area contributed by atoms with Gasteiger partial charge in [0, 0.05) is 4.47 Å². The largest absolute Gasteiger partial charge is 0.496 e. The Morgan fingerprint density at radius 2 is 2.10 bits per heavy atom. The summed E-state index contributed by atoms with van der Waals surface area (Å²) in [6, 6.07) is 4.72. The topological polar surface area (TPSA) is 59.4 Å². The highest BCUT2D eigenvalue weighted by Gasteiger charge is 2.40. The Morgan fingerprint density at radius 1 is 1.43 bits per heavy atom. The number of halogens is 4. The van der Waals surface area contributed by atoms with E-state index in [9.17, 15) is 18.0 Å². The molecule has 1 aromatic heterocycles. The molecule has 2 rings (SSSR count). The number of benzene rings is 1. The molecule has 0 unspecified atom stereocenters. The molecule has 0 amide bonds. The summed E-state index contributed by atoms with van der Waals surface area (Å²) in [6.07, 6.45) is -4.83. The van der Waals surface area contributed by atoms with Gasteiger partial charge >= 0.3 is 12.1 Å². The Labute approximate surface area is 129 Å². The van der Waals surface area contributed by atoms with Crippen molar-refractivity contribution in [1.29, 1.82) is 0 Å². The summed E-state index contributed by atoms with van der Waals surface area (Å²) in [7, 11) is 1.36. The molecule has 0 radical (unpaired) electrons. The molecule has 1 heterocycles. The quantitative estimate of drug-likeness (QED) is 0.860. The van der Waals surface area contributed by atoms with E-state index < -0.39 is 22.7 Å².